The van der Waals surface area contributed by atoms with Crippen LogP contribution in [0.5, 0.6) is 0 Å². The number of hydrogen-bond acceptors (Lipinski definition) is 3. The summed E-state index contributed by atoms with van der Waals surface area (Å²) in [5, 5.41) is 22.3. The van der Waals surface area contributed by atoms with E-state index < -0.39 is 11.6 Å². The molecule has 37 heavy (non-hydrogen) atoms. The SMILES string of the molecule is CCc1cc(Cl)cc(C)c1N(C)C(=N)N(C(=N)N(C)c1c(C)cc(Cl)cc1CC)C(=O)NC(C)(C)C.Cl. The molecule has 0 bridgehead atoms. The molecule has 7 nitrogen and oxygen atoms in total. The zero-order valence-electron chi connectivity index (χ0n) is 23.1. The van der Waals surface area contributed by atoms with Gasteiger partial charge in [-0.05, 0) is 94.0 Å². The van der Waals surface area contributed by atoms with Crippen LogP contribution in [-0.4, -0.2) is 42.5 Å². The Labute approximate surface area is 237 Å². The maximum atomic E-state index is 13.5. The summed E-state index contributed by atoms with van der Waals surface area (Å²) in [5.74, 6) is -0.309. The summed E-state index contributed by atoms with van der Waals surface area (Å²) in [7, 11) is 3.46. The Morgan fingerprint density at radius 2 is 1.19 bits per heavy atom. The van der Waals surface area contributed by atoms with E-state index in [1.165, 1.54) is 0 Å². The summed E-state index contributed by atoms with van der Waals surface area (Å²) in [4.78, 5) is 17.9. The van der Waals surface area contributed by atoms with Crippen LogP contribution >= 0.6 is 35.6 Å². The fraction of sp³-hybridized carbons (Fsp3) is 0.444. The minimum Gasteiger partial charge on any atom is -0.333 e. The lowest BCUT2D eigenvalue weighted by molar-refractivity contribution is 0.223. The zero-order chi connectivity index (χ0) is 27.5. The molecule has 0 heterocycles. The van der Waals surface area contributed by atoms with E-state index in [4.69, 9.17) is 34.0 Å². The molecule has 0 unspecified atom stereocenters. The van der Waals surface area contributed by atoms with Crippen LogP contribution in [-0.2, 0) is 12.8 Å². The molecule has 0 saturated heterocycles. The number of benzene rings is 2. The van der Waals surface area contributed by atoms with Crippen molar-refractivity contribution < 1.29 is 4.79 Å². The number of hydrogen-bond donors (Lipinski definition) is 3. The number of nitrogens with one attached hydrogen (secondary N) is 3. The standard InChI is InChI=1S/C27H38Cl2N6O.ClH/c1-10-18-14-20(28)12-16(3)22(18)33(8)24(30)35(26(36)32-27(5,6)7)25(31)34(9)23-17(4)13-21(29)15-19(23)11-2;/h12-15,30-31H,10-11H2,1-9H3,(H,32,36);1H. The highest BCUT2D eigenvalue weighted by atomic mass is 35.5. The lowest BCUT2D eigenvalue weighted by Gasteiger charge is -2.36. The van der Waals surface area contributed by atoms with E-state index in [0.717, 1.165) is 38.5 Å². The van der Waals surface area contributed by atoms with Crippen molar-refractivity contribution in [3.8, 4) is 0 Å². The van der Waals surface area contributed by atoms with Gasteiger partial charge in [0.25, 0.3) is 0 Å². The van der Waals surface area contributed by atoms with Gasteiger partial charge in [-0.1, -0.05) is 37.0 Å². The number of guanidine groups is 2. The van der Waals surface area contributed by atoms with Gasteiger partial charge >= 0.3 is 6.03 Å². The molecule has 0 aliphatic heterocycles. The van der Waals surface area contributed by atoms with Crippen LogP contribution in [0.1, 0.15) is 56.9 Å². The van der Waals surface area contributed by atoms with E-state index in [1.807, 2.05) is 72.7 Å². The maximum absolute atomic E-state index is 13.5. The average molecular weight is 570 g/mol. The fourth-order valence-corrected chi connectivity index (χ4v) is 4.88. The smallest absolute Gasteiger partial charge is 0.331 e. The second-order valence-corrected chi connectivity index (χ2v) is 10.8. The van der Waals surface area contributed by atoms with Gasteiger partial charge in [0.05, 0.1) is 0 Å². The molecule has 0 atom stereocenters. The van der Waals surface area contributed by atoms with Crippen molar-refractivity contribution in [2.45, 2.75) is 66.8 Å². The van der Waals surface area contributed by atoms with Crippen LogP contribution < -0.4 is 15.1 Å². The third-order valence-electron chi connectivity index (χ3n) is 5.87. The van der Waals surface area contributed by atoms with E-state index >= 15 is 0 Å². The van der Waals surface area contributed by atoms with Gasteiger partial charge in [0.1, 0.15) is 0 Å². The van der Waals surface area contributed by atoms with Crippen LogP contribution in [0.15, 0.2) is 24.3 Å². The number of amides is 2. The molecule has 0 saturated carbocycles. The molecule has 2 rings (SSSR count). The molecule has 0 radical (unpaired) electrons. The molecule has 2 aromatic carbocycles. The van der Waals surface area contributed by atoms with Crippen LogP contribution in [0, 0.1) is 24.7 Å². The predicted octanol–water partition coefficient (Wildman–Crippen LogP) is 7.41. The van der Waals surface area contributed by atoms with Crippen molar-refractivity contribution in [1.82, 2.24) is 10.2 Å². The van der Waals surface area contributed by atoms with Crippen molar-refractivity contribution in [2.24, 2.45) is 0 Å². The minimum absolute atomic E-state index is 0. The van der Waals surface area contributed by atoms with Crippen LogP contribution in [0.3, 0.4) is 0 Å². The minimum atomic E-state index is -0.567. The maximum Gasteiger partial charge on any atom is 0.331 e. The van der Waals surface area contributed by atoms with Crippen molar-refractivity contribution in [2.75, 3.05) is 23.9 Å². The highest BCUT2D eigenvalue weighted by Crippen LogP contribution is 2.31. The topological polar surface area (TPSA) is 86.5 Å². The number of urea groups is 1. The number of rotatable bonds is 4. The molecular weight excluding hydrogens is 531 g/mol. The summed E-state index contributed by atoms with van der Waals surface area (Å²) >= 11 is 12.6. The first-order valence-electron chi connectivity index (χ1n) is 12.0. The van der Waals surface area contributed by atoms with Gasteiger partial charge in [0, 0.05) is 41.1 Å². The third-order valence-corrected chi connectivity index (χ3v) is 6.30. The van der Waals surface area contributed by atoms with Gasteiger partial charge < -0.3 is 15.1 Å². The third kappa shape index (κ3) is 7.53. The lowest BCUT2D eigenvalue weighted by Crippen LogP contribution is -2.59. The lowest BCUT2D eigenvalue weighted by atomic mass is 10.0. The molecule has 2 aromatic rings. The Hall–Kier alpha value is -2.48. The summed E-state index contributed by atoms with van der Waals surface area (Å²) < 4.78 is 0. The van der Waals surface area contributed by atoms with Gasteiger partial charge in [0.2, 0.25) is 11.9 Å². The van der Waals surface area contributed by atoms with E-state index in [-0.39, 0.29) is 24.3 Å². The quantitative estimate of drug-likeness (QED) is 0.265. The van der Waals surface area contributed by atoms with Gasteiger partial charge in [-0.3, -0.25) is 10.8 Å². The highest BCUT2D eigenvalue weighted by Gasteiger charge is 2.33. The van der Waals surface area contributed by atoms with E-state index in [9.17, 15) is 4.79 Å². The number of aryl methyl sites for hydroxylation is 4. The molecule has 10 heteroatoms. The number of nitrogens with zero attached hydrogens (tertiary/aromatic N) is 3. The molecule has 0 aliphatic rings. The monoisotopic (exact) mass is 568 g/mol. The highest BCUT2D eigenvalue weighted by molar-refractivity contribution is 6.31. The molecule has 2 amide bonds. The molecular formula is C27H39Cl3N6O. The first kappa shape index (κ1) is 32.5. The van der Waals surface area contributed by atoms with E-state index in [0.29, 0.717) is 22.9 Å². The van der Waals surface area contributed by atoms with Gasteiger partial charge in [0.15, 0.2) is 0 Å². The summed E-state index contributed by atoms with van der Waals surface area (Å²) in [6.45, 7) is 13.5. The Balaban J connectivity index is 0.00000684. The average Bonchev–Trinajstić information content (AvgIpc) is 2.75. The van der Waals surface area contributed by atoms with Gasteiger partial charge in [-0.15, -0.1) is 12.4 Å². The normalized spacial score (nSPS) is 10.9. The Morgan fingerprint density at radius 3 is 1.49 bits per heavy atom. The second kappa shape index (κ2) is 12.9. The molecule has 0 fully saturated rings. The number of halogens is 3. The molecule has 3 N–H and O–H groups in total. The number of carbonyl (C=O) groups is 1. The molecule has 0 aliphatic carbocycles. The van der Waals surface area contributed by atoms with Crippen molar-refractivity contribution in [1.29, 1.82) is 10.8 Å². The summed E-state index contributed by atoms with van der Waals surface area (Å²) in [6.07, 6.45) is 1.40. The Kier molecular flexibility index (Phi) is 11.3. The molecule has 204 valence electrons. The van der Waals surface area contributed by atoms with Gasteiger partial charge in [-0.2, -0.15) is 0 Å². The fourth-order valence-electron chi connectivity index (χ4n) is 4.29. The van der Waals surface area contributed by atoms with Crippen molar-refractivity contribution in [3.63, 3.8) is 0 Å². The molecule has 0 spiro atoms. The zero-order valence-corrected chi connectivity index (χ0v) is 25.5. The van der Waals surface area contributed by atoms with Crippen LogP contribution in [0.4, 0.5) is 16.2 Å². The van der Waals surface area contributed by atoms with Crippen LogP contribution in [0.2, 0.25) is 10.0 Å². The van der Waals surface area contributed by atoms with Crippen LogP contribution in [0.25, 0.3) is 0 Å². The number of anilines is 2. The predicted molar refractivity (Wildman–Crippen MR) is 161 cm³/mol. The first-order valence-corrected chi connectivity index (χ1v) is 12.7. The number of carbonyl (C=O) groups excluding carboxylic acids is 1. The molecule has 0 aromatic heterocycles. The largest absolute Gasteiger partial charge is 0.333 e. The van der Waals surface area contributed by atoms with E-state index in [1.54, 1.807) is 23.9 Å². The summed E-state index contributed by atoms with van der Waals surface area (Å²) in [5.41, 5.74) is 4.66. The van der Waals surface area contributed by atoms with E-state index in [2.05, 4.69) is 5.32 Å². The Morgan fingerprint density at radius 1 is 0.838 bits per heavy atom. The van der Waals surface area contributed by atoms with Gasteiger partial charge in [-0.25, -0.2) is 9.69 Å². The second-order valence-electron chi connectivity index (χ2n) is 9.95. The summed E-state index contributed by atoms with van der Waals surface area (Å²) in [6, 6.07) is 6.85. The van der Waals surface area contributed by atoms with Crippen molar-refractivity contribution in [3.05, 3.63) is 56.6 Å². The van der Waals surface area contributed by atoms with Crippen molar-refractivity contribution >= 4 is 64.9 Å². The first-order chi connectivity index (χ1) is 16.6. The Bertz CT molecular complexity index is 1100.